The Labute approximate surface area is 90.1 Å². The van der Waals surface area contributed by atoms with Gasteiger partial charge in [0, 0.05) is 24.9 Å². The van der Waals surface area contributed by atoms with E-state index >= 15 is 0 Å². The molecule has 4 nitrogen and oxygen atoms in total. The first kappa shape index (κ1) is 11.7. The summed E-state index contributed by atoms with van der Waals surface area (Å²) in [5.74, 6) is 5.55. The number of rotatable bonds is 4. The molecule has 0 aliphatic carbocycles. The minimum atomic E-state index is -0.0519. The van der Waals surface area contributed by atoms with Crippen LogP contribution < -0.4 is 5.84 Å². The van der Waals surface area contributed by atoms with E-state index in [1.165, 1.54) is 5.01 Å². The molecule has 0 aliphatic rings. The van der Waals surface area contributed by atoms with Crippen molar-refractivity contribution < 1.29 is 4.79 Å². The summed E-state index contributed by atoms with van der Waals surface area (Å²) < 4.78 is 0. The average Bonchev–Trinajstić information content (AvgIpc) is 2.26. The summed E-state index contributed by atoms with van der Waals surface area (Å²) in [6.07, 6.45) is 4.25. The fraction of sp³-hybridized carbons (Fsp3) is 0.455. The molecule has 1 aromatic rings. The number of amides is 1. The van der Waals surface area contributed by atoms with Crippen LogP contribution in [0.3, 0.4) is 0 Å². The van der Waals surface area contributed by atoms with E-state index < -0.39 is 0 Å². The lowest BCUT2D eigenvalue weighted by Gasteiger charge is -2.18. The number of pyridine rings is 1. The zero-order valence-electron chi connectivity index (χ0n) is 9.18. The second kappa shape index (κ2) is 5.46. The normalized spacial score (nSPS) is 10.4. The third kappa shape index (κ3) is 3.67. The molecule has 0 atom stereocenters. The maximum absolute atomic E-state index is 11.4. The highest BCUT2D eigenvalue weighted by atomic mass is 16.2. The molecule has 0 fully saturated rings. The number of nitrogens with two attached hydrogens (primary N) is 1. The minimum absolute atomic E-state index is 0.0288. The smallest absolute Gasteiger partial charge is 0.239 e. The number of hydrogen-bond donors (Lipinski definition) is 1. The van der Waals surface area contributed by atoms with Crippen LogP contribution in [-0.4, -0.2) is 22.4 Å². The third-order valence-corrected chi connectivity index (χ3v) is 2.14. The monoisotopic (exact) mass is 207 g/mol. The van der Waals surface area contributed by atoms with Gasteiger partial charge in [-0.3, -0.25) is 14.8 Å². The summed E-state index contributed by atoms with van der Waals surface area (Å²) >= 11 is 0. The Morgan fingerprint density at radius 1 is 1.60 bits per heavy atom. The van der Waals surface area contributed by atoms with Crippen molar-refractivity contribution in [2.75, 3.05) is 6.54 Å². The highest BCUT2D eigenvalue weighted by molar-refractivity contribution is 5.77. The summed E-state index contributed by atoms with van der Waals surface area (Å²) in [6.45, 7) is 4.21. The molecule has 0 spiro atoms. The molecule has 1 rings (SSSR count). The van der Waals surface area contributed by atoms with Crippen molar-refractivity contribution in [2.45, 2.75) is 20.3 Å². The molecule has 4 heteroatoms. The summed E-state index contributed by atoms with van der Waals surface area (Å²) in [5.41, 5.74) is 1.09. The number of hydrazine groups is 1. The van der Waals surface area contributed by atoms with Crippen LogP contribution in [0.2, 0.25) is 0 Å². The van der Waals surface area contributed by atoms with Crippen LogP contribution in [0.15, 0.2) is 24.5 Å². The Kier molecular flexibility index (Phi) is 4.24. The molecular formula is C11H17N3O. The van der Waals surface area contributed by atoms with Gasteiger partial charge in [-0.25, -0.2) is 5.84 Å². The van der Waals surface area contributed by atoms with Crippen LogP contribution in [0.1, 0.15) is 19.4 Å². The first-order valence-electron chi connectivity index (χ1n) is 5.06. The van der Waals surface area contributed by atoms with Crippen molar-refractivity contribution >= 4 is 5.91 Å². The first-order chi connectivity index (χ1) is 7.11. The molecule has 0 aliphatic heterocycles. The van der Waals surface area contributed by atoms with Crippen molar-refractivity contribution in [3.8, 4) is 0 Å². The van der Waals surface area contributed by atoms with Gasteiger partial charge in [-0.2, -0.15) is 0 Å². The SMILES string of the molecule is CC(C)C(=O)N(N)CCc1cccnc1. The van der Waals surface area contributed by atoms with E-state index in [0.717, 1.165) is 12.0 Å². The van der Waals surface area contributed by atoms with Crippen molar-refractivity contribution in [2.24, 2.45) is 11.8 Å². The molecular weight excluding hydrogens is 190 g/mol. The predicted octanol–water partition coefficient (Wildman–Crippen LogP) is 0.982. The highest BCUT2D eigenvalue weighted by Gasteiger charge is 2.12. The van der Waals surface area contributed by atoms with Gasteiger partial charge in [-0.05, 0) is 18.1 Å². The minimum Gasteiger partial charge on any atom is -0.280 e. The summed E-state index contributed by atoms with van der Waals surface area (Å²) in [6, 6.07) is 3.85. The van der Waals surface area contributed by atoms with Gasteiger partial charge in [-0.1, -0.05) is 19.9 Å². The quantitative estimate of drug-likeness (QED) is 0.455. The summed E-state index contributed by atoms with van der Waals surface area (Å²) in [7, 11) is 0. The lowest BCUT2D eigenvalue weighted by molar-refractivity contribution is -0.134. The van der Waals surface area contributed by atoms with Gasteiger partial charge < -0.3 is 0 Å². The van der Waals surface area contributed by atoms with Crippen LogP contribution in [-0.2, 0) is 11.2 Å². The predicted molar refractivity (Wildman–Crippen MR) is 58.7 cm³/mol. The maximum atomic E-state index is 11.4. The standard InChI is InChI=1S/C11H17N3O/c1-9(2)11(15)14(12)7-5-10-4-3-6-13-8-10/h3-4,6,8-9H,5,7,12H2,1-2H3. The Bertz CT molecular complexity index is 311. The molecule has 82 valence electrons. The Hall–Kier alpha value is -1.42. The van der Waals surface area contributed by atoms with Gasteiger partial charge in [0.2, 0.25) is 5.91 Å². The van der Waals surface area contributed by atoms with Crippen molar-refractivity contribution in [3.63, 3.8) is 0 Å². The summed E-state index contributed by atoms with van der Waals surface area (Å²) in [4.78, 5) is 15.4. The first-order valence-corrected chi connectivity index (χ1v) is 5.06. The van der Waals surface area contributed by atoms with Gasteiger partial charge in [0.25, 0.3) is 0 Å². The van der Waals surface area contributed by atoms with Crippen molar-refractivity contribution in [3.05, 3.63) is 30.1 Å². The topological polar surface area (TPSA) is 59.2 Å². The fourth-order valence-electron chi connectivity index (χ4n) is 1.24. The molecule has 2 N–H and O–H groups in total. The van der Waals surface area contributed by atoms with Crippen LogP contribution in [0, 0.1) is 5.92 Å². The molecule has 0 saturated carbocycles. The number of hydrogen-bond acceptors (Lipinski definition) is 3. The van der Waals surface area contributed by atoms with Crippen LogP contribution >= 0.6 is 0 Å². The van der Waals surface area contributed by atoms with E-state index in [-0.39, 0.29) is 11.8 Å². The van der Waals surface area contributed by atoms with Crippen LogP contribution in [0.25, 0.3) is 0 Å². The van der Waals surface area contributed by atoms with Gasteiger partial charge >= 0.3 is 0 Å². The molecule has 0 unspecified atom stereocenters. The molecule has 0 aromatic carbocycles. The van der Waals surface area contributed by atoms with E-state index in [1.807, 2.05) is 26.0 Å². The van der Waals surface area contributed by atoms with Crippen LogP contribution in [0.5, 0.6) is 0 Å². The van der Waals surface area contributed by atoms with Gasteiger partial charge in [0.15, 0.2) is 0 Å². The molecule has 1 heterocycles. The zero-order chi connectivity index (χ0) is 11.3. The second-order valence-electron chi connectivity index (χ2n) is 3.80. The van der Waals surface area contributed by atoms with Gasteiger partial charge in [-0.15, -0.1) is 0 Å². The van der Waals surface area contributed by atoms with Crippen LogP contribution in [0.4, 0.5) is 0 Å². The molecule has 15 heavy (non-hydrogen) atoms. The number of nitrogens with zero attached hydrogens (tertiary/aromatic N) is 2. The van der Waals surface area contributed by atoms with Gasteiger partial charge in [0.05, 0.1) is 0 Å². The Morgan fingerprint density at radius 2 is 2.33 bits per heavy atom. The third-order valence-electron chi connectivity index (χ3n) is 2.14. The molecule has 1 amide bonds. The second-order valence-corrected chi connectivity index (χ2v) is 3.80. The summed E-state index contributed by atoms with van der Waals surface area (Å²) in [5, 5.41) is 1.28. The number of carbonyl (C=O) groups is 1. The molecule has 0 saturated heterocycles. The molecule has 1 aromatic heterocycles. The average molecular weight is 207 g/mol. The highest BCUT2D eigenvalue weighted by Crippen LogP contribution is 2.01. The van der Waals surface area contributed by atoms with E-state index in [4.69, 9.17) is 5.84 Å². The van der Waals surface area contributed by atoms with E-state index in [1.54, 1.807) is 12.4 Å². The van der Waals surface area contributed by atoms with E-state index in [0.29, 0.717) is 6.54 Å². The molecule has 0 bridgehead atoms. The lowest BCUT2D eigenvalue weighted by Crippen LogP contribution is -2.41. The maximum Gasteiger partial charge on any atom is 0.239 e. The Morgan fingerprint density at radius 3 is 2.87 bits per heavy atom. The number of carbonyl (C=O) groups excluding carboxylic acids is 1. The van der Waals surface area contributed by atoms with Crippen molar-refractivity contribution in [1.29, 1.82) is 0 Å². The largest absolute Gasteiger partial charge is 0.280 e. The van der Waals surface area contributed by atoms with Gasteiger partial charge in [0.1, 0.15) is 0 Å². The number of aromatic nitrogens is 1. The van der Waals surface area contributed by atoms with E-state index in [2.05, 4.69) is 4.98 Å². The van der Waals surface area contributed by atoms with Crippen molar-refractivity contribution in [1.82, 2.24) is 9.99 Å². The zero-order valence-corrected chi connectivity index (χ0v) is 9.18. The molecule has 0 radical (unpaired) electrons. The lowest BCUT2D eigenvalue weighted by atomic mass is 10.2. The fourth-order valence-corrected chi connectivity index (χ4v) is 1.24. The van der Waals surface area contributed by atoms with E-state index in [9.17, 15) is 4.79 Å². The Balaban J connectivity index is 2.41.